The first-order valence-electron chi connectivity index (χ1n) is 6.32. The minimum atomic E-state index is -0.529. The van der Waals surface area contributed by atoms with Crippen LogP contribution in [0.5, 0.6) is 11.5 Å². The van der Waals surface area contributed by atoms with E-state index in [9.17, 15) is 15.0 Å². The smallest absolute Gasteiger partial charge is 0.410 e. The van der Waals surface area contributed by atoms with Gasteiger partial charge >= 0.3 is 6.09 Å². The van der Waals surface area contributed by atoms with E-state index in [0.717, 1.165) is 0 Å². The van der Waals surface area contributed by atoms with Crippen LogP contribution in [0.25, 0.3) is 6.08 Å². The average molecular weight is 279 g/mol. The van der Waals surface area contributed by atoms with Gasteiger partial charge in [0.1, 0.15) is 5.60 Å². The summed E-state index contributed by atoms with van der Waals surface area (Å²) >= 11 is 0. The van der Waals surface area contributed by atoms with Crippen LogP contribution in [0.15, 0.2) is 24.3 Å². The van der Waals surface area contributed by atoms with Crippen molar-refractivity contribution in [2.24, 2.45) is 0 Å². The second kappa shape index (κ2) is 6.32. The Bertz CT molecular complexity index is 503. The van der Waals surface area contributed by atoms with Crippen LogP contribution in [0.4, 0.5) is 4.79 Å². The lowest BCUT2D eigenvalue weighted by atomic mass is 10.1. The van der Waals surface area contributed by atoms with Crippen molar-refractivity contribution >= 4 is 12.2 Å². The molecule has 1 rings (SSSR count). The number of aromatic hydroxyl groups is 2. The average Bonchev–Trinajstić information content (AvgIpc) is 2.32. The number of carbonyl (C=O) groups is 1. The van der Waals surface area contributed by atoms with Crippen molar-refractivity contribution in [1.82, 2.24) is 4.90 Å². The van der Waals surface area contributed by atoms with Gasteiger partial charge in [-0.2, -0.15) is 0 Å². The maximum atomic E-state index is 11.7. The third kappa shape index (κ3) is 4.84. The summed E-state index contributed by atoms with van der Waals surface area (Å²) in [4.78, 5) is 13.1. The molecule has 1 aromatic rings. The Morgan fingerprint density at radius 2 is 2.00 bits per heavy atom. The molecule has 0 saturated carbocycles. The Kier molecular flexibility index (Phi) is 5.02. The van der Waals surface area contributed by atoms with Gasteiger partial charge in [0, 0.05) is 19.2 Å². The predicted molar refractivity (Wildman–Crippen MR) is 77.7 cm³/mol. The van der Waals surface area contributed by atoms with E-state index in [4.69, 9.17) is 4.74 Å². The molecule has 1 aromatic carbocycles. The number of carbonyl (C=O) groups excluding carboxylic acids is 1. The number of likely N-dealkylation sites (N-methyl/N-ethyl adjacent to an activating group) is 1. The molecule has 0 bridgehead atoms. The third-order valence-corrected chi connectivity index (χ3v) is 2.43. The van der Waals surface area contributed by atoms with Gasteiger partial charge in [-0.1, -0.05) is 24.3 Å². The maximum Gasteiger partial charge on any atom is 0.410 e. The summed E-state index contributed by atoms with van der Waals surface area (Å²) in [6.45, 7) is 5.75. The van der Waals surface area contributed by atoms with E-state index in [0.29, 0.717) is 12.1 Å². The summed E-state index contributed by atoms with van der Waals surface area (Å²) in [5, 5.41) is 19.0. The van der Waals surface area contributed by atoms with Gasteiger partial charge in [0.25, 0.3) is 0 Å². The first kappa shape index (κ1) is 15.9. The first-order valence-corrected chi connectivity index (χ1v) is 6.32. The predicted octanol–water partition coefficient (Wildman–Crippen LogP) is 2.98. The van der Waals surface area contributed by atoms with Crippen LogP contribution in [0, 0.1) is 0 Å². The number of nitrogens with zero attached hydrogens (tertiary/aromatic N) is 1. The van der Waals surface area contributed by atoms with Gasteiger partial charge in [-0.3, -0.25) is 0 Å². The lowest BCUT2D eigenvalue weighted by Crippen LogP contribution is -2.34. The molecule has 20 heavy (non-hydrogen) atoms. The molecule has 0 saturated heterocycles. The third-order valence-electron chi connectivity index (χ3n) is 2.43. The van der Waals surface area contributed by atoms with Crippen molar-refractivity contribution in [3.05, 3.63) is 29.8 Å². The molecule has 0 fully saturated rings. The molecule has 0 aromatic heterocycles. The van der Waals surface area contributed by atoms with E-state index in [1.54, 1.807) is 52.1 Å². The number of para-hydroxylation sites is 1. The molecule has 0 aliphatic heterocycles. The van der Waals surface area contributed by atoms with Crippen molar-refractivity contribution in [3.8, 4) is 11.5 Å². The zero-order valence-corrected chi connectivity index (χ0v) is 12.3. The van der Waals surface area contributed by atoms with Crippen LogP contribution in [-0.2, 0) is 4.74 Å². The number of rotatable bonds is 3. The van der Waals surface area contributed by atoms with Gasteiger partial charge < -0.3 is 19.8 Å². The number of amides is 1. The number of benzene rings is 1. The fraction of sp³-hybridized carbons (Fsp3) is 0.400. The van der Waals surface area contributed by atoms with E-state index in [1.807, 2.05) is 0 Å². The van der Waals surface area contributed by atoms with Crippen molar-refractivity contribution < 1.29 is 19.7 Å². The zero-order valence-electron chi connectivity index (χ0n) is 12.3. The summed E-state index contributed by atoms with van der Waals surface area (Å²) in [6, 6.07) is 4.70. The van der Waals surface area contributed by atoms with E-state index >= 15 is 0 Å². The van der Waals surface area contributed by atoms with Gasteiger partial charge in [-0.25, -0.2) is 4.79 Å². The van der Waals surface area contributed by atoms with Gasteiger partial charge in [0.2, 0.25) is 0 Å². The van der Waals surface area contributed by atoms with Crippen molar-refractivity contribution in [1.29, 1.82) is 0 Å². The Hall–Kier alpha value is -2.17. The number of hydrogen-bond donors (Lipinski definition) is 2. The fourth-order valence-corrected chi connectivity index (χ4v) is 1.44. The molecule has 0 aliphatic rings. The highest BCUT2D eigenvalue weighted by Gasteiger charge is 2.18. The summed E-state index contributed by atoms with van der Waals surface area (Å²) in [6.07, 6.45) is 2.93. The quantitative estimate of drug-likeness (QED) is 0.834. The highest BCUT2D eigenvalue weighted by Crippen LogP contribution is 2.28. The van der Waals surface area contributed by atoms with E-state index in [2.05, 4.69) is 0 Å². The van der Waals surface area contributed by atoms with Crippen LogP contribution in [0.3, 0.4) is 0 Å². The Morgan fingerprint density at radius 3 is 2.60 bits per heavy atom. The van der Waals surface area contributed by atoms with Crippen LogP contribution < -0.4 is 0 Å². The van der Waals surface area contributed by atoms with Gasteiger partial charge in [0.15, 0.2) is 11.5 Å². The summed E-state index contributed by atoms with van der Waals surface area (Å²) in [7, 11) is 1.63. The van der Waals surface area contributed by atoms with E-state index in [1.165, 1.54) is 11.0 Å². The second-order valence-corrected chi connectivity index (χ2v) is 5.48. The Balaban J connectivity index is 2.60. The van der Waals surface area contributed by atoms with Gasteiger partial charge in [-0.15, -0.1) is 0 Å². The molecule has 0 atom stereocenters. The van der Waals surface area contributed by atoms with Crippen molar-refractivity contribution in [2.45, 2.75) is 26.4 Å². The Morgan fingerprint density at radius 1 is 1.35 bits per heavy atom. The largest absolute Gasteiger partial charge is 0.504 e. The minimum Gasteiger partial charge on any atom is -0.504 e. The van der Waals surface area contributed by atoms with E-state index < -0.39 is 11.7 Å². The number of hydrogen-bond acceptors (Lipinski definition) is 4. The van der Waals surface area contributed by atoms with E-state index in [-0.39, 0.29) is 11.5 Å². The molecule has 5 heteroatoms. The highest BCUT2D eigenvalue weighted by molar-refractivity contribution is 5.68. The molecular formula is C15H21NO4. The minimum absolute atomic E-state index is 0.173. The summed E-state index contributed by atoms with van der Waals surface area (Å²) < 4.78 is 5.21. The fourth-order valence-electron chi connectivity index (χ4n) is 1.44. The highest BCUT2D eigenvalue weighted by atomic mass is 16.6. The summed E-state index contributed by atoms with van der Waals surface area (Å²) in [5.41, 5.74) is -0.0407. The molecule has 0 spiro atoms. The normalized spacial score (nSPS) is 11.6. The van der Waals surface area contributed by atoms with Crippen LogP contribution in [0.1, 0.15) is 26.3 Å². The lowest BCUT2D eigenvalue weighted by Gasteiger charge is -2.23. The molecule has 2 N–H and O–H groups in total. The maximum absolute atomic E-state index is 11.7. The molecule has 0 unspecified atom stereocenters. The number of ether oxygens (including phenoxy) is 1. The summed E-state index contributed by atoms with van der Waals surface area (Å²) in [5.74, 6) is -0.351. The van der Waals surface area contributed by atoms with Crippen LogP contribution >= 0.6 is 0 Å². The van der Waals surface area contributed by atoms with Gasteiger partial charge in [-0.05, 0) is 26.8 Å². The molecule has 0 aliphatic carbocycles. The SMILES string of the molecule is CN(C/C=C/c1cccc(O)c1O)C(=O)OC(C)(C)C. The first-order chi connectivity index (χ1) is 9.20. The van der Waals surface area contributed by atoms with Gasteiger partial charge in [0.05, 0.1) is 0 Å². The standard InChI is InChI=1S/C15H21NO4/c1-15(2,3)20-14(19)16(4)10-6-8-11-7-5-9-12(17)13(11)18/h5-9,17-18H,10H2,1-4H3/b8-6+. The van der Waals surface area contributed by atoms with Crippen LogP contribution in [-0.4, -0.2) is 40.4 Å². The monoisotopic (exact) mass is 279 g/mol. The Labute approximate surface area is 119 Å². The zero-order chi connectivity index (χ0) is 15.3. The van der Waals surface area contributed by atoms with Crippen molar-refractivity contribution in [2.75, 3.05) is 13.6 Å². The molecule has 110 valence electrons. The number of phenolic OH excluding ortho intramolecular Hbond substituents is 2. The molecular weight excluding hydrogens is 258 g/mol. The molecule has 1 amide bonds. The molecule has 0 radical (unpaired) electrons. The molecule has 5 nitrogen and oxygen atoms in total. The topological polar surface area (TPSA) is 70.0 Å². The number of phenols is 2. The second-order valence-electron chi connectivity index (χ2n) is 5.48. The lowest BCUT2D eigenvalue weighted by molar-refractivity contribution is 0.0318. The molecule has 0 heterocycles. The van der Waals surface area contributed by atoms with Crippen LogP contribution in [0.2, 0.25) is 0 Å². The van der Waals surface area contributed by atoms with Crippen molar-refractivity contribution in [3.63, 3.8) is 0 Å².